The highest BCUT2D eigenvalue weighted by Gasteiger charge is 2.33. The molecule has 0 aliphatic heterocycles. The van der Waals surface area contributed by atoms with Crippen molar-refractivity contribution < 1.29 is 32.4 Å². The van der Waals surface area contributed by atoms with E-state index in [1.807, 2.05) is 0 Å². The molecular formula is C17H16N2O8S. The molecule has 0 saturated heterocycles. The van der Waals surface area contributed by atoms with Crippen LogP contribution >= 0.6 is 0 Å². The zero-order valence-corrected chi connectivity index (χ0v) is 15.7. The van der Waals surface area contributed by atoms with E-state index < -0.39 is 44.0 Å². The lowest BCUT2D eigenvalue weighted by Crippen LogP contribution is -2.36. The molecule has 0 amide bonds. The first-order valence-corrected chi connectivity index (χ1v) is 9.17. The van der Waals surface area contributed by atoms with Crippen LogP contribution in [0, 0.1) is 10.1 Å². The van der Waals surface area contributed by atoms with Gasteiger partial charge in [0, 0.05) is 6.07 Å². The molecule has 2 rings (SSSR count). The fourth-order valence-corrected chi connectivity index (χ4v) is 3.91. The molecule has 0 aliphatic carbocycles. The summed E-state index contributed by atoms with van der Waals surface area (Å²) in [7, 11) is -2.31. The van der Waals surface area contributed by atoms with Gasteiger partial charge in [-0.25, -0.2) is 13.2 Å². The number of carbonyl (C=O) groups excluding carboxylic acids is 2. The molecule has 10 nitrogen and oxygen atoms in total. The molecule has 148 valence electrons. The third-order valence-corrected chi connectivity index (χ3v) is 5.51. The second kappa shape index (κ2) is 8.48. The van der Waals surface area contributed by atoms with E-state index in [9.17, 15) is 28.1 Å². The summed E-state index contributed by atoms with van der Waals surface area (Å²) in [4.78, 5) is 33.4. The molecule has 0 heterocycles. The quantitative estimate of drug-likeness (QED) is 0.384. The zero-order valence-electron chi connectivity index (χ0n) is 14.9. The lowest BCUT2D eigenvalue weighted by atomic mass is 10.2. The van der Waals surface area contributed by atoms with E-state index in [1.54, 1.807) is 0 Å². The Balaban J connectivity index is 2.66. The Labute approximate surface area is 160 Å². The van der Waals surface area contributed by atoms with Crippen molar-refractivity contribution in [2.45, 2.75) is 4.90 Å². The Kier molecular flexibility index (Phi) is 6.31. The number of nitro benzene ring substituents is 1. The van der Waals surface area contributed by atoms with Crippen molar-refractivity contribution in [3.63, 3.8) is 0 Å². The molecular weight excluding hydrogens is 392 g/mol. The molecule has 0 aliphatic rings. The van der Waals surface area contributed by atoms with Gasteiger partial charge in [0.2, 0.25) is 0 Å². The van der Waals surface area contributed by atoms with E-state index in [-0.39, 0.29) is 11.3 Å². The predicted octanol–water partition coefficient (Wildman–Crippen LogP) is 1.75. The van der Waals surface area contributed by atoms with E-state index in [4.69, 9.17) is 0 Å². The van der Waals surface area contributed by atoms with Gasteiger partial charge in [-0.05, 0) is 24.3 Å². The van der Waals surface area contributed by atoms with Crippen molar-refractivity contribution in [1.29, 1.82) is 0 Å². The highest BCUT2D eigenvalue weighted by molar-refractivity contribution is 7.93. The summed E-state index contributed by atoms with van der Waals surface area (Å²) < 4.78 is 36.1. The number of sulfonamides is 1. The van der Waals surface area contributed by atoms with Crippen LogP contribution in [0.4, 0.5) is 11.4 Å². The van der Waals surface area contributed by atoms with Gasteiger partial charge in [-0.3, -0.25) is 19.2 Å². The minimum absolute atomic E-state index is 0.0348. The van der Waals surface area contributed by atoms with E-state index in [0.29, 0.717) is 4.31 Å². The SMILES string of the molecule is COC(=O)CN(c1cccc(C(=O)OC)c1)S(=O)(=O)c1ccccc1[N+](=O)[O-]. The van der Waals surface area contributed by atoms with Crippen LogP contribution < -0.4 is 4.31 Å². The molecule has 0 unspecified atom stereocenters. The standard InChI is InChI=1S/C17H16N2O8S/c1-26-16(20)11-18(13-7-5-6-12(10-13)17(21)27-2)28(24,25)15-9-4-3-8-14(15)19(22)23/h3-10H,11H2,1-2H3. The fraction of sp³-hybridized carbons (Fsp3) is 0.176. The molecule has 0 spiro atoms. The number of para-hydroxylation sites is 1. The van der Waals surface area contributed by atoms with Crippen LogP contribution in [0.25, 0.3) is 0 Å². The summed E-state index contributed by atoms with van der Waals surface area (Å²) in [6.07, 6.45) is 0. The molecule has 0 bridgehead atoms. The minimum Gasteiger partial charge on any atom is -0.468 e. The number of ether oxygens (including phenoxy) is 2. The first-order chi connectivity index (χ1) is 13.2. The van der Waals surface area contributed by atoms with Crippen molar-refractivity contribution >= 4 is 33.3 Å². The van der Waals surface area contributed by atoms with Gasteiger partial charge in [-0.15, -0.1) is 0 Å². The summed E-state index contributed by atoms with van der Waals surface area (Å²) in [5.74, 6) is -1.62. The largest absolute Gasteiger partial charge is 0.468 e. The molecule has 0 fully saturated rings. The zero-order chi connectivity index (χ0) is 20.9. The number of nitro groups is 1. The highest BCUT2D eigenvalue weighted by Crippen LogP contribution is 2.30. The van der Waals surface area contributed by atoms with Gasteiger partial charge in [0.15, 0.2) is 4.90 Å². The molecule has 0 aromatic heterocycles. The molecule has 0 radical (unpaired) electrons. The van der Waals surface area contributed by atoms with Crippen LogP contribution in [0.5, 0.6) is 0 Å². The summed E-state index contributed by atoms with van der Waals surface area (Å²) in [5.41, 5.74) is -0.680. The van der Waals surface area contributed by atoms with Crippen LogP contribution in [0.3, 0.4) is 0 Å². The summed E-state index contributed by atoms with van der Waals surface area (Å²) in [6.45, 7) is -0.754. The van der Waals surface area contributed by atoms with Gasteiger partial charge in [0.25, 0.3) is 15.7 Å². The topological polar surface area (TPSA) is 133 Å². The maximum atomic E-state index is 13.2. The van der Waals surface area contributed by atoms with Gasteiger partial charge in [-0.1, -0.05) is 18.2 Å². The number of benzene rings is 2. The monoisotopic (exact) mass is 408 g/mol. The van der Waals surface area contributed by atoms with Crippen LogP contribution in [0.1, 0.15) is 10.4 Å². The number of hydrogen-bond acceptors (Lipinski definition) is 8. The number of carbonyl (C=O) groups is 2. The maximum Gasteiger partial charge on any atom is 0.337 e. The molecule has 0 N–H and O–H groups in total. The van der Waals surface area contributed by atoms with Crippen LogP contribution in [-0.2, 0) is 24.3 Å². The first-order valence-electron chi connectivity index (χ1n) is 7.73. The van der Waals surface area contributed by atoms with Gasteiger partial charge in [0.1, 0.15) is 6.54 Å². The van der Waals surface area contributed by atoms with Crippen LogP contribution in [0.15, 0.2) is 53.4 Å². The molecule has 0 saturated carbocycles. The second-order valence-corrected chi connectivity index (χ2v) is 7.19. The maximum absolute atomic E-state index is 13.2. The lowest BCUT2D eigenvalue weighted by Gasteiger charge is -2.23. The van der Waals surface area contributed by atoms with Crippen LogP contribution in [0.2, 0.25) is 0 Å². The second-order valence-electron chi connectivity index (χ2n) is 5.35. The van der Waals surface area contributed by atoms with E-state index in [2.05, 4.69) is 9.47 Å². The number of methoxy groups -OCH3 is 2. The van der Waals surface area contributed by atoms with Crippen molar-refractivity contribution in [2.75, 3.05) is 25.1 Å². The van der Waals surface area contributed by atoms with E-state index in [0.717, 1.165) is 26.4 Å². The van der Waals surface area contributed by atoms with Gasteiger partial charge < -0.3 is 9.47 Å². The smallest absolute Gasteiger partial charge is 0.337 e. The Bertz CT molecular complexity index is 1020. The molecule has 2 aromatic carbocycles. The Hall–Kier alpha value is -3.47. The normalized spacial score (nSPS) is 10.8. The molecule has 0 atom stereocenters. The molecule has 28 heavy (non-hydrogen) atoms. The lowest BCUT2D eigenvalue weighted by molar-refractivity contribution is -0.387. The Morgan fingerprint density at radius 1 is 1.07 bits per heavy atom. The number of hydrogen-bond donors (Lipinski definition) is 0. The number of rotatable bonds is 7. The van der Waals surface area contributed by atoms with Crippen molar-refractivity contribution in [2.24, 2.45) is 0 Å². The average Bonchev–Trinajstić information content (AvgIpc) is 2.70. The summed E-state index contributed by atoms with van der Waals surface area (Å²) in [6, 6.07) is 10.0. The molecule has 2 aromatic rings. The van der Waals surface area contributed by atoms with Gasteiger partial charge >= 0.3 is 11.9 Å². The van der Waals surface area contributed by atoms with Gasteiger partial charge in [0.05, 0.1) is 30.4 Å². The van der Waals surface area contributed by atoms with Gasteiger partial charge in [-0.2, -0.15) is 0 Å². The predicted molar refractivity (Wildman–Crippen MR) is 97.4 cm³/mol. The Morgan fingerprint density at radius 2 is 1.75 bits per heavy atom. The van der Waals surface area contributed by atoms with Crippen molar-refractivity contribution in [3.8, 4) is 0 Å². The highest BCUT2D eigenvalue weighted by atomic mass is 32.2. The first kappa shape index (κ1) is 20.8. The van der Waals surface area contributed by atoms with E-state index >= 15 is 0 Å². The number of anilines is 1. The number of nitrogens with zero attached hydrogens (tertiary/aromatic N) is 2. The fourth-order valence-electron chi connectivity index (χ4n) is 2.35. The Morgan fingerprint density at radius 3 is 2.36 bits per heavy atom. The third-order valence-electron chi connectivity index (χ3n) is 3.69. The van der Waals surface area contributed by atoms with E-state index in [1.165, 1.54) is 36.4 Å². The minimum atomic E-state index is -4.55. The molecule has 11 heteroatoms. The van der Waals surface area contributed by atoms with Crippen molar-refractivity contribution in [1.82, 2.24) is 0 Å². The van der Waals surface area contributed by atoms with Crippen molar-refractivity contribution in [3.05, 3.63) is 64.2 Å². The van der Waals surface area contributed by atoms with Crippen LogP contribution in [-0.4, -0.2) is 46.0 Å². The summed E-state index contributed by atoms with van der Waals surface area (Å²) >= 11 is 0. The summed E-state index contributed by atoms with van der Waals surface area (Å²) in [5, 5.41) is 11.3. The average molecular weight is 408 g/mol. The third kappa shape index (κ3) is 4.26. The number of esters is 2.